The number of hydrogen-bond donors (Lipinski definition) is 10. The number of aromatic nitrogens is 4. The molecule has 1 spiro atoms. The van der Waals surface area contributed by atoms with Crippen LogP contribution in [0.3, 0.4) is 0 Å². The van der Waals surface area contributed by atoms with E-state index in [0.717, 1.165) is 123 Å². The Kier molecular flexibility index (Phi) is 12.3. The average Bonchev–Trinajstić information content (AvgIpc) is 4.39. The summed E-state index contributed by atoms with van der Waals surface area (Å²) >= 11 is 0. The smallest absolute Gasteiger partial charge is 0.116 e. The number of aryl methyl sites for hydroxylation is 2. The summed E-state index contributed by atoms with van der Waals surface area (Å²) in [5, 5.41) is 83.7. The molecule has 12 nitrogen and oxygen atoms in total. The lowest BCUT2D eigenvalue weighted by molar-refractivity contribution is -0.216. The van der Waals surface area contributed by atoms with Crippen LogP contribution in [0.2, 0.25) is 0 Å². The summed E-state index contributed by atoms with van der Waals surface area (Å²) in [4.78, 5) is 17.8. The Bertz CT molecular complexity index is 3440. The molecule has 4 fully saturated rings. The molecule has 5 heterocycles. The van der Waals surface area contributed by atoms with Crippen molar-refractivity contribution in [3.63, 3.8) is 0 Å². The van der Waals surface area contributed by atoms with Crippen LogP contribution in [0.5, 0.6) is 23.0 Å². The fraction of sp³-hybridized carbons (Fsp3) is 0.344. The van der Waals surface area contributed by atoms with Gasteiger partial charge in [0.1, 0.15) is 23.0 Å². The minimum atomic E-state index is -0.886. The van der Waals surface area contributed by atoms with E-state index in [0.29, 0.717) is 42.5 Å². The van der Waals surface area contributed by atoms with Crippen LogP contribution in [0.25, 0.3) is 78.7 Å². The van der Waals surface area contributed by atoms with E-state index in [1.165, 1.54) is 0 Å². The minimum Gasteiger partial charge on any atom is -0.508 e. The molecule has 390 valence electrons. The molecule has 6 aliphatic rings. The number of rotatable bonds is 6. The number of hydrogen-bond acceptors (Lipinski definition) is 10. The number of fused-ring (bicyclic) bond motifs is 10. The lowest BCUT2D eigenvalue weighted by Crippen LogP contribution is -2.63. The van der Waals surface area contributed by atoms with Crippen molar-refractivity contribution in [2.45, 2.75) is 89.8 Å². The van der Waals surface area contributed by atoms with Crippen molar-refractivity contribution in [1.29, 1.82) is 0 Å². The van der Waals surface area contributed by atoms with Gasteiger partial charge < -0.3 is 50.8 Å². The van der Waals surface area contributed by atoms with Gasteiger partial charge in [-0.2, -0.15) is 0 Å². The molecule has 0 unspecified atom stereocenters. The highest BCUT2D eigenvalue weighted by Gasteiger charge is 2.70. The Hall–Kier alpha value is -7.22. The van der Waals surface area contributed by atoms with Crippen LogP contribution >= 0.6 is 0 Å². The molecular formula is C64H66N4O8. The molecule has 4 aliphatic carbocycles. The summed E-state index contributed by atoms with van der Waals surface area (Å²) < 4.78 is 0. The molecular weight excluding hydrogens is 953 g/mol. The number of benzene rings is 4. The first-order valence-electron chi connectivity index (χ1n) is 26.9. The molecule has 76 heavy (non-hydrogen) atoms. The van der Waals surface area contributed by atoms with Crippen molar-refractivity contribution in [2.24, 2.45) is 34.0 Å². The molecule has 2 aliphatic heterocycles. The quantitative estimate of drug-likeness (QED) is 0.0759. The Labute approximate surface area is 441 Å². The summed E-state index contributed by atoms with van der Waals surface area (Å²) in [6, 6.07) is 36.7. The lowest BCUT2D eigenvalue weighted by atomic mass is 9.39. The highest BCUT2D eigenvalue weighted by Crippen LogP contribution is 2.75. The molecule has 10 N–H and O–H groups in total. The third-order valence-corrected chi connectivity index (χ3v) is 19.1. The van der Waals surface area contributed by atoms with Gasteiger partial charge in [-0.1, -0.05) is 62.4 Å². The van der Waals surface area contributed by atoms with Crippen molar-refractivity contribution < 1.29 is 40.9 Å². The van der Waals surface area contributed by atoms with E-state index >= 15 is 0 Å². The van der Waals surface area contributed by atoms with Crippen molar-refractivity contribution in [3.8, 4) is 67.5 Å². The fourth-order valence-electron chi connectivity index (χ4n) is 15.3. The van der Waals surface area contributed by atoms with Gasteiger partial charge in [-0.3, -0.25) is 4.98 Å². The predicted molar refractivity (Wildman–Crippen MR) is 297 cm³/mol. The summed E-state index contributed by atoms with van der Waals surface area (Å²) in [6.45, 7) is 4.43. The highest BCUT2D eigenvalue weighted by atomic mass is 16.3. The number of nitrogens with one attached hydrogen (secondary N) is 2. The standard InChI is InChI=1S/C44H32N4O4.C20H34O4/c49-29-9-1-5-25(21-29)41-33-13-15-35(45-33)42(26-6-2-10-30(50)22-26)37-17-19-39(47-37)44(28-8-4-12-32(52)24-28)40-20-18-38(48-40)43(36-16-14-34(41)46-36)27-7-3-11-31(51)23-27;1-17(11-21)15-4-3-13-9-14-10-19(13,7-8-20(14,24)12-22)18(15,2)6-5-16(17)23/h1-17,19,21-24,46-47,49-52H,18,20H2;13-16,21-24H,3-12H2,1-2H3/t;13-,14+,15-,16+,17-,18-,19-,20-/m.0/s1. The predicted octanol–water partition coefficient (Wildman–Crippen LogP) is 11.8. The number of aliphatic hydroxyl groups is 4. The number of phenolic OH excluding ortho intramolecular Hbond substituents is 4. The van der Waals surface area contributed by atoms with Crippen LogP contribution in [0, 0.1) is 34.0 Å². The van der Waals surface area contributed by atoms with Crippen molar-refractivity contribution in [3.05, 3.63) is 144 Å². The van der Waals surface area contributed by atoms with Gasteiger partial charge in [0.25, 0.3) is 0 Å². The molecule has 13 rings (SSSR count). The zero-order valence-corrected chi connectivity index (χ0v) is 43.0. The summed E-state index contributed by atoms with van der Waals surface area (Å²) in [5.74, 6) is 1.75. The third-order valence-electron chi connectivity index (χ3n) is 19.1. The van der Waals surface area contributed by atoms with Gasteiger partial charge in [0.2, 0.25) is 0 Å². The molecule has 7 aromatic rings. The first-order chi connectivity index (χ1) is 36.6. The largest absolute Gasteiger partial charge is 0.508 e. The van der Waals surface area contributed by atoms with Gasteiger partial charge in [0.15, 0.2) is 0 Å². The molecule has 0 saturated heterocycles. The molecule has 10 bridgehead atoms. The van der Waals surface area contributed by atoms with Crippen LogP contribution in [0.15, 0.2) is 121 Å². The van der Waals surface area contributed by atoms with Gasteiger partial charge in [0.05, 0.1) is 47.7 Å². The molecule has 3 aromatic heterocycles. The second-order valence-corrected chi connectivity index (χ2v) is 23.0. The van der Waals surface area contributed by atoms with Crippen LogP contribution in [-0.4, -0.2) is 85.7 Å². The van der Waals surface area contributed by atoms with Gasteiger partial charge in [-0.25, -0.2) is 4.98 Å². The second-order valence-electron chi connectivity index (χ2n) is 23.0. The Morgan fingerprint density at radius 1 is 0.526 bits per heavy atom. The Morgan fingerprint density at radius 2 is 0.987 bits per heavy atom. The minimum absolute atomic E-state index is 0.0547. The lowest BCUT2D eigenvalue weighted by Gasteiger charge is -2.66. The molecule has 8 atom stereocenters. The van der Waals surface area contributed by atoms with Crippen LogP contribution < -0.4 is 0 Å². The molecule has 4 saturated carbocycles. The molecule has 4 aromatic carbocycles. The number of aromatic amines is 2. The van der Waals surface area contributed by atoms with Gasteiger partial charge in [0, 0.05) is 49.7 Å². The van der Waals surface area contributed by atoms with Crippen LogP contribution in [-0.2, 0) is 12.8 Å². The van der Waals surface area contributed by atoms with E-state index in [9.17, 15) is 40.9 Å². The first-order valence-corrected chi connectivity index (χ1v) is 26.9. The van der Waals surface area contributed by atoms with Crippen LogP contribution in [0.1, 0.15) is 88.0 Å². The van der Waals surface area contributed by atoms with E-state index in [4.69, 9.17) is 9.97 Å². The SMILES string of the molecule is C[C@@]1(CO)[C@H](O)CC[C@@]2(C)[C@H]1CC[C@H]1C[C@@H]3C[C@@]12CC[C@]3(O)CO.Oc1cccc(-c2c3nc(c(-c4cccc(O)c4)c4ccc([nH]4)c(-c4cccc(O)c4)c4nc(c(-c5cccc(O)c5)c5ccc2[nH]5)CC4)C=C3)c1. The maximum atomic E-state index is 10.9. The number of aromatic hydroxyl groups is 4. The van der Waals surface area contributed by atoms with Crippen molar-refractivity contribution in [1.82, 2.24) is 19.9 Å². The zero-order valence-electron chi connectivity index (χ0n) is 43.0. The topological polar surface area (TPSA) is 219 Å². The molecule has 12 heteroatoms. The summed E-state index contributed by atoms with van der Waals surface area (Å²) in [7, 11) is 0. The summed E-state index contributed by atoms with van der Waals surface area (Å²) in [5.41, 5.74) is 11.8. The molecule has 0 amide bonds. The van der Waals surface area contributed by atoms with Gasteiger partial charge in [-0.15, -0.1) is 0 Å². The maximum Gasteiger partial charge on any atom is 0.116 e. The fourth-order valence-corrected chi connectivity index (χ4v) is 15.3. The highest BCUT2D eigenvalue weighted by molar-refractivity contribution is 5.97. The van der Waals surface area contributed by atoms with Crippen molar-refractivity contribution >= 4 is 34.2 Å². The monoisotopic (exact) mass is 1020 g/mol. The van der Waals surface area contributed by atoms with Gasteiger partial charge in [-0.05, 0) is 200 Å². The number of nitrogens with zero attached hydrogens (tertiary/aromatic N) is 2. The van der Waals surface area contributed by atoms with E-state index in [-0.39, 0.29) is 53.0 Å². The number of H-pyrrole nitrogens is 2. The molecule has 0 radical (unpaired) electrons. The van der Waals surface area contributed by atoms with Crippen molar-refractivity contribution in [2.75, 3.05) is 13.2 Å². The van der Waals surface area contributed by atoms with E-state index in [1.54, 1.807) is 48.5 Å². The third kappa shape index (κ3) is 8.11. The Balaban J connectivity index is 0.000000202. The van der Waals surface area contributed by atoms with Crippen LogP contribution in [0.4, 0.5) is 0 Å². The maximum absolute atomic E-state index is 10.9. The van der Waals surface area contributed by atoms with E-state index in [2.05, 4.69) is 23.8 Å². The second kappa shape index (κ2) is 18.8. The normalized spacial score (nSPS) is 27.3. The number of phenols is 4. The van der Waals surface area contributed by atoms with Gasteiger partial charge >= 0.3 is 0 Å². The zero-order chi connectivity index (χ0) is 52.7. The summed E-state index contributed by atoms with van der Waals surface area (Å²) in [6.07, 6.45) is 12.5. The average molecular weight is 1020 g/mol. The Morgan fingerprint density at radius 3 is 1.43 bits per heavy atom. The first kappa shape index (κ1) is 49.6. The van der Waals surface area contributed by atoms with E-state index in [1.807, 2.05) is 84.9 Å². The number of aliphatic hydroxyl groups excluding tert-OH is 3. The van der Waals surface area contributed by atoms with E-state index < -0.39 is 17.1 Å².